The second-order valence-corrected chi connectivity index (χ2v) is 8.88. The Morgan fingerprint density at radius 1 is 1.28 bits per heavy atom. The van der Waals surface area contributed by atoms with Gasteiger partial charge in [-0.1, -0.05) is 5.21 Å². The van der Waals surface area contributed by atoms with Gasteiger partial charge >= 0.3 is 0 Å². The number of hydrogen-bond donors (Lipinski definition) is 1. The molecule has 1 aromatic heterocycles. The highest BCUT2D eigenvalue weighted by atomic mass is 32.2. The molecule has 0 aliphatic carbocycles. The third-order valence-electron chi connectivity index (χ3n) is 2.72. The molecule has 1 heterocycles. The lowest BCUT2D eigenvalue weighted by Gasteiger charge is -2.18. The maximum Gasteiger partial charge on any atom is 0.157 e. The molecule has 0 saturated carbocycles. The minimum atomic E-state index is -3.14. The van der Waals surface area contributed by atoms with Gasteiger partial charge in [-0.05, 0) is 34.6 Å². The van der Waals surface area contributed by atoms with Crippen LogP contribution >= 0.6 is 0 Å². The lowest BCUT2D eigenvalue weighted by atomic mass is 10.0. The van der Waals surface area contributed by atoms with E-state index in [1.54, 1.807) is 27.0 Å². The standard InChI is InChI=1S/C11H22N4O2S/c1-10(2,3)18(16,17)7-6-15-8-9(13-14-15)11(4,5)12/h8H,6-7,12H2,1-5H3. The molecule has 0 radical (unpaired) electrons. The van der Waals surface area contributed by atoms with Crippen molar-refractivity contribution in [3.8, 4) is 0 Å². The fourth-order valence-corrected chi connectivity index (χ4v) is 2.26. The first kappa shape index (κ1) is 15.1. The Morgan fingerprint density at radius 3 is 2.22 bits per heavy atom. The molecule has 18 heavy (non-hydrogen) atoms. The normalized spacial score (nSPS) is 13.9. The second-order valence-electron chi connectivity index (χ2n) is 6.02. The van der Waals surface area contributed by atoms with Crippen molar-refractivity contribution in [3.05, 3.63) is 11.9 Å². The molecule has 1 rings (SSSR count). The quantitative estimate of drug-likeness (QED) is 0.872. The molecule has 0 atom stereocenters. The van der Waals surface area contributed by atoms with Crippen molar-refractivity contribution in [2.45, 2.75) is 51.4 Å². The van der Waals surface area contributed by atoms with E-state index in [-0.39, 0.29) is 5.75 Å². The summed E-state index contributed by atoms with van der Waals surface area (Å²) in [6.07, 6.45) is 1.69. The maximum absolute atomic E-state index is 11.9. The summed E-state index contributed by atoms with van der Waals surface area (Å²) in [7, 11) is -3.14. The number of hydrogen-bond acceptors (Lipinski definition) is 5. The Morgan fingerprint density at radius 2 is 1.83 bits per heavy atom. The monoisotopic (exact) mass is 274 g/mol. The predicted octanol–water partition coefficient (Wildman–Crippen LogP) is 0.685. The topological polar surface area (TPSA) is 90.9 Å². The number of aromatic nitrogens is 3. The minimum Gasteiger partial charge on any atom is -0.320 e. The Labute approximate surface area is 108 Å². The minimum absolute atomic E-state index is 0.0459. The zero-order chi connectivity index (χ0) is 14.2. The molecule has 0 aliphatic heterocycles. The van der Waals surface area contributed by atoms with E-state index < -0.39 is 20.1 Å². The summed E-state index contributed by atoms with van der Waals surface area (Å²) in [6.45, 7) is 9.03. The molecule has 2 N–H and O–H groups in total. The van der Waals surface area contributed by atoms with E-state index in [2.05, 4.69) is 10.3 Å². The average Bonchev–Trinajstić information content (AvgIpc) is 2.60. The van der Waals surface area contributed by atoms with Crippen LogP contribution < -0.4 is 5.73 Å². The van der Waals surface area contributed by atoms with E-state index in [1.165, 1.54) is 4.68 Å². The van der Waals surface area contributed by atoms with E-state index in [0.29, 0.717) is 12.2 Å². The van der Waals surface area contributed by atoms with Crippen LogP contribution in [0.1, 0.15) is 40.3 Å². The third kappa shape index (κ3) is 3.52. The van der Waals surface area contributed by atoms with Crippen molar-refractivity contribution in [2.75, 3.05) is 5.75 Å². The molecule has 0 spiro atoms. The van der Waals surface area contributed by atoms with Crippen molar-refractivity contribution in [2.24, 2.45) is 5.73 Å². The summed E-state index contributed by atoms with van der Waals surface area (Å²) in [5.41, 5.74) is 5.97. The molecular weight excluding hydrogens is 252 g/mol. The highest BCUT2D eigenvalue weighted by Crippen LogP contribution is 2.17. The second kappa shape index (κ2) is 4.62. The van der Waals surface area contributed by atoms with E-state index >= 15 is 0 Å². The molecule has 0 fully saturated rings. The first-order valence-electron chi connectivity index (χ1n) is 5.85. The van der Waals surface area contributed by atoms with Crippen LogP contribution in [0.3, 0.4) is 0 Å². The molecule has 0 aliphatic rings. The van der Waals surface area contributed by atoms with Gasteiger partial charge in [-0.15, -0.1) is 5.10 Å². The van der Waals surface area contributed by atoms with Crippen LogP contribution in [0.25, 0.3) is 0 Å². The molecule has 6 nitrogen and oxygen atoms in total. The molecule has 0 bridgehead atoms. The predicted molar refractivity (Wildman–Crippen MR) is 70.8 cm³/mol. The molecule has 0 unspecified atom stereocenters. The van der Waals surface area contributed by atoms with Gasteiger partial charge < -0.3 is 5.73 Å². The fourth-order valence-electron chi connectivity index (χ4n) is 1.22. The summed E-state index contributed by atoms with van der Waals surface area (Å²) < 4.78 is 24.7. The number of sulfone groups is 1. The molecule has 0 aromatic carbocycles. The van der Waals surface area contributed by atoms with Crippen molar-refractivity contribution >= 4 is 9.84 Å². The van der Waals surface area contributed by atoms with Crippen LogP contribution in [0.2, 0.25) is 0 Å². The molecule has 1 aromatic rings. The zero-order valence-corrected chi connectivity index (χ0v) is 12.5. The Hall–Kier alpha value is -0.950. The maximum atomic E-state index is 11.9. The Bertz CT molecular complexity index is 506. The van der Waals surface area contributed by atoms with Gasteiger partial charge in [0.05, 0.1) is 28.8 Å². The van der Waals surface area contributed by atoms with Crippen molar-refractivity contribution in [1.82, 2.24) is 15.0 Å². The number of rotatable bonds is 4. The average molecular weight is 274 g/mol. The van der Waals surface area contributed by atoms with Crippen LogP contribution in [0, 0.1) is 0 Å². The van der Waals surface area contributed by atoms with Gasteiger partial charge in [0.1, 0.15) is 5.69 Å². The van der Waals surface area contributed by atoms with Crippen molar-refractivity contribution < 1.29 is 8.42 Å². The molecule has 0 saturated heterocycles. The first-order chi connectivity index (χ1) is 7.93. The molecule has 0 amide bonds. The SMILES string of the molecule is CC(C)(N)c1cn(CCS(=O)(=O)C(C)(C)C)nn1. The zero-order valence-electron chi connectivity index (χ0n) is 11.6. The summed E-state index contributed by atoms with van der Waals surface area (Å²) >= 11 is 0. The third-order valence-corrected chi connectivity index (χ3v) is 5.31. The summed E-state index contributed by atoms with van der Waals surface area (Å²) in [6, 6.07) is 0. The van der Waals surface area contributed by atoms with E-state index in [1.807, 2.05) is 13.8 Å². The smallest absolute Gasteiger partial charge is 0.157 e. The van der Waals surface area contributed by atoms with Crippen molar-refractivity contribution in [1.29, 1.82) is 0 Å². The van der Waals surface area contributed by atoms with Gasteiger partial charge in [-0.3, -0.25) is 4.68 Å². The van der Waals surface area contributed by atoms with Crippen LogP contribution in [0.5, 0.6) is 0 Å². The fraction of sp³-hybridized carbons (Fsp3) is 0.818. The van der Waals surface area contributed by atoms with Gasteiger partial charge in [0, 0.05) is 0 Å². The number of nitrogens with zero attached hydrogens (tertiary/aromatic N) is 3. The van der Waals surface area contributed by atoms with Gasteiger partial charge in [0.2, 0.25) is 0 Å². The first-order valence-corrected chi connectivity index (χ1v) is 7.50. The number of aryl methyl sites for hydroxylation is 1. The largest absolute Gasteiger partial charge is 0.320 e. The summed E-state index contributed by atoms with van der Waals surface area (Å²) in [5.74, 6) is 0.0459. The lowest BCUT2D eigenvalue weighted by Crippen LogP contribution is -2.32. The Balaban J connectivity index is 2.75. The van der Waals surface area contributed by atoms with E-state index in [0.717, 1.165) is 0 Å². The van der Waals surface area contributed by atoms with Gasteiger partial charge in [0.25, 0.3) is 0 Å². The van der Waals surface area contributed by atoms with Crippen molar-refractivity contribution in [3.63, 3.8) is 0 Å². The Kier molecular flexibility index (Phi) is 3.88. The van der Waals surface area contributed by atoms with E-state index in [9.17, 15) is 8.42 Å². The van der Waals surface area contributed by atoms with Gasteiger partial charge in [-0.2, -0.15) is 0 Å². The molecular formula is C11H22N4O2S. The van der Waals surface area contributed by atoms with Crippen LogP contribution in [0.15, 0.2) is 6.20 Å². The summed E-state index contributed by atoms with van der Waals surface area (Å²) in [4.78, 5) is 0. The van der Waals surface area contributed by atoms with Crippen LogP contribution in [-0.4, -0.2) is 33.9 Å². The summed E-state index contributed by atoms with van der Waals surface area (Å²) in [5, 5.41) is 7.83. The lowest BCUT2D eigenvalue weighted by molar-refractivity contribution is 0.533. The highest BCUT2D eigenvalue weighted by molar-refractivity contribution is 7.92. The number of nitrogens with two attached hydrogens (primary N) is 1. The van der Waals surface area contributed by atoms with Crippen LogP contribution in [-0.2, 0) is 21.9 Å². The van der Waals surface area contributed by atoms with Crippen LogP contribution in [0.4, 0.5) is 0 Å². The highest BCUT2D eigenvalue weighted by Gasteiger charge is 2.28. The molecule has 104 valence electrons. The van der Waals surface area contributed by atoms with Gasteiger partial charge in [0.15, 0.2) is 9.84 Å². The molecule has 7 heteroatoms. The van der Waals surface area contributed by atoms with E-state index in [4.69, 9.17) is 5.73 Å². The van der Waals surface area contributed by atoms with Gasteiger partial charge in [-0.25, -0.2) is 8.42 Å².